The van der Waals surface area contributed by atoms with Gasteiger partial charge in [-0.1, -0.05) is 0 Å². The van der Waals surface area contributed by atoms with E-state index in [0.717, 1.165) is 0 Å². The summed E-state index contributed by atoms with van der Waals surface area (Å²) in [5.74, 6) is 0. The molecule has 0 bridgehead atoms. The minimum Gasteiger partial charge on any atom is -0.386 e. The molecule has 0 rings (SSSR count). The fourth-order valence-corrected chi connectivity index (χ4v) is 0.605. The van der Waals surface area contributed by atoms with Crippen molar-refractivity contribution < 1.29 is 5.11 Å². The lowest BCUT2D eigenvalue weighted by atomic mass is 9.95. The molecule has 5 heteroatoms. The average Bonchev–Trinajstić information content (AvgIpc) is 2.01. The molecule has 0 fully saturated rings. The van der Waals surface area contributed by atoms with Crippen molar-refractivity contribution in [3.8, 4) is 0 Å². The van der Waals surface area contributed by atoms with Gasteiger partial charge in [0, 0.05) is 25.7 Å². The van der Waals surface area contributed by atoms with Gasteiger partial charge in [0.2, 0.25) is 0 Å². The van der Waals surface area contributed by atoms with Crippen LogP contribution in [-0.4, -0.2) is 36.4 Å². The van der Waals surface area contributed by atoms with Crippen LogP contribution in [0.3, 0.4) is 0 Å². The first-order valence-corrected chi connectivity index (χ1v) is 3.19. The van der Waals surface area contributed by atoms with Crippen LogP contribution >= 0.6 is 0 Å². The minimum atomic E-state index is -1.20. The summed E-state index contributed by atoms with van der Waals surface area (Å²) in [5, 5.41) is 9.44. The Morgan fingerprint density at radius 3 is 1.70 bits per heavy atom. The number of hydrogen-bond donors (Lipinski definition) is 5. The van der Waals surface area contributed by atoms with E-state index in [-0.39, 0.29) is 19.6 Å². The normalized spacial score (nSPS) is 15.3. The summed E-state index contributed by atoms with van der Waals surface area (Å²) >= 11 is 0. The second-order valence-electron chi connectivity index (χ2n) is 2.35. The minimum absolute atomic E-state index is 0.0435. The summed E-state index contributed by atoms with van der Waals surface area (Å²) in [6.45, 7) is 0.272. The van der Waals surface area contributed by atoms with Crippen molar-refractivity contribution in [1.82, 2.24) is 0 Å². The van der Waals surface area contributed by atoms with E-state index in [1.165, 1.54) is 0 Å². The maximum atomic E-state index is 9.44. The maximum Gasteiger partial charge on any atom is 0.105 e. The van der Waals surface area contributed by atoms with Gasteiger partial charge >= 0.3 is 0 Å². The van der Waals surface area contributed by atoms with Crippen LogP contribution in [0.2, 0.25) is 0 Å². The molecule has 10 heavy (non-hydrogen) atoms. The Balaban J connectivity index is 4.02. The first kappa shape index (κ1) is 9.80. The molecule has 0 aliphatic rings. The lowest BCUT2D eigenvalue weighted by Gasteiger charge is -2.30. The highest BCUT2D eigenvalue weighted by molar-refractivity contribution is 4.91. The molecule has 0 radical (unpaired) electrons. The van der Waals surface area contributed by atoms with Gasteiger partial charge in [-0.15, -0.1) is 0 Å². The third-order valence-corrected chi connectivity index (χ3v) is 1.65. The van der Waals surface area contributed by atoms with Crippen molar-refractivity contribution >= 4 is 0 Å². The van der Waals surface area contributed by atoms with Gasteiger partial charge in [-0.05, 0) is 0 Å². The topological polar surface area (TPSA) is 124 Å². The Kier molecular flexibility index (Phi) is 3.77. The van der Waals surface area contributed by atoms with E-state index in [4.69, 9.17) is 22.9 Å². The van der Waals surface area contributed by atoms with Crippen LogP contribution in [0.25, 0.3) is 0 Å². The molecule has 0 heterocycles. The van der Waals surface area contributed by atoms with E-state index in [1.54, 1.807) is 0 Å². The molecule has 5 nitrogen and oxygen atoms in total. The molecule has 0 aliphatic carbocycles. The van der Waals surface area contributed by atoms with Crippen molar-refractivity contribution in [3.05, 3.63) is 0 Å². The third kappa shape index (κ3) is 1.89. The maximum absolute atomic E-state index is 9.44. The zero-order valence-corrected chi connectivity index (χ0v) is 5.96. The van der Waals surface area contributed by atoms with Crippen molar-refractivity contribution in [2.75, 3.05) is 19.6 Å². The smallest absolute Gasteiger partial charge is 0.105 e. The van der Waals surface area contributed by atoms with E-state index in [0.29, 0.717) is 0 Å². The molecule has 62 valence electrons. The lowest BCUT2D eigenvalue weighted by molar-refractivity contribution is 0.0341. The zero-order valence-electron chi connectivity index (χ0n) is 5.96. The third-order valence-electron chi connectivity index (χ3n) is 1.65. The highest BCUT2D eigenvalue weighted by Gasteiger charge is 2.29. The van der Waals surface area contributed by atoms with Gasteiger partial charge in [0.15, 0.2) is 0 Å². The number of rotatable bonds is 4. The summed E-state index contributed by atoms with van der Waals surface area (Å²) < 4.78 is 0. The summed E-state index contributed by atoms with van der Waals surface area (Å²) in [5.41, 5.74) is 19.9. The molecule has 0 saturated heterocycles. The average molecular weight is 148 g/mol. The summed E-state index contributed by atoms with van der Waals surface area (Å²) in [6, 6.07) is -0.539. The predicted molar refractivity (Wildman–Crippen MR) is 40.1 cm³/mol. The fraction of sp³-hybridized carbons (Fsp3) is 1.00. The molecule has 0 spiro atoms. The van der Waals surface area contributed by atoms with E-state index in [1.807, 2.05) is 0 Å². The predicted octanol–water partition coefficient (Wildman–Crippen LogP) is -3.08. The quantitative estimate of drug-likeness (QED) is 0.289. The van der Waals surface area contributed by atoms with Gasteiger partial charge in [-0.3, -0.25) is 0 Å². The second kappa shape index (κ2) is 3.85. The van der Waals surface area contributed by atoms with Crippen molar-refractivity contribution in [2.45, 2.75) is 11.6 Å². The molecular formula is C5H16N4O. The molecule has 0 aromatic carbocycles. The van der Waals surface area contributed by atoms with Crippen LogP contribution in [-0.2, 0) is 0 Å². The molecular weight excluding hydrogens is 132 g/mol. The van der Waals surface area contributed by atoms with Crippen LogP contribution < -0.4 is 22.9 Å². The number of aliphatic hydroxyl groups is 1. The van der Waals surface area contributed by atoms with E-state index in [9.17, 15) is 5.11 Å². The highest BCUT2D eigenvalue weighted by atomic mass is 16.3. The van der Waals surface area contributed by atoms with Gasteiger partial charge in [-0.2, -0.15) is 0 Å². The number of hydrogen-bond acceptors (Lipinski definition) is 5. The first-order valence-electron chi connectivity index (χ1n) is 3.19. The van der Waals surface area contributed by atoms with Gasteiger partial charge in [0.25, 0.3) is 0 Å². The summed E-state index contributed by atoms with van der Waals surface area (Å²) in [7, 11) is 0. The molecule has 0 saturated carbocycles. The largest absolute Gasteiger partial charge is 0.386 e. The Bertz CT molecular complexity index is 93.6. The lowest BCUT2D eigenvalue weighted by Crippen LogP contribution is -2.60. The molecule has 0 amide bonds. The van der Waals surface area contributed by atoms with Crippen LogP contribution in [0.4, 0.5) is 0 Å². The van der Waals surface area contributed by atoms with Gasteiger partial charge < -0.3 is 28.0 Å². The summed E-state index contributed by atoms with van der Waals surface area (Å²) in [4.78, 5) is 0. The van der Waals surface area contributed by atoms with E-state index < -0.39 is 11.6 Å². The van der Waals surface area contributed by atoms with Crippen LogP contribution in [0.15, 0.2) is 0 Å². The Hall–Kier alpha value is -0.200. The van der Waals surface area contributed by atoms with E-state index in [2.05, 4.69) is 0 Å². The van der Waals surface area contributed by atoms with Crippen molar-refractivity contribution in [1.29, 1.82) is 0 Å². The standard InChI is InChI=1S/C5H16N4O/c6-1-4(9)5(10,2-7)3-8/h4,10H,1-3,6-9H2. The fourth-order valence-electron chi connectivity index (χ4n) is 0.605. The molecule has 9 N–H and O–H groups in total. The monoisotopic (exact) mass is 148 g/mol. The van der Waals surface area contributed by atoms with Crippen LogP contribution in [0, 0.1) is 0 Å². The first-order chi connectivity index (χ1) is 4.60. The molecule has 1 atom stereocenters. The second-order valence-corrected chi connectivity index (χ2v) is 2.35. The van der Waals surface area contributed by atoms with Gasteiger partial charge in [0.1, 0.15) is 5.60 Å². The van der Waals surface area contributed by atoms with Gasteiger partial charge in [-0.25, -0.2) is 0 Å². The van der Waals surface area contributed by atoms with Crippen LogP contribution in [0.1, 0.15) is 0 Å². The molecule has 0 aromatic rings. The molecule has 1 unspecified atom stereocenters. The summed E-state index contributed by atoms with van der Waals surface area (Å²) in [6.07, 6.45) is 0. The molecule has 0 aromatic heterocycles. The highest BCUT2D eigenvalue weighted by Crippen LogP contribution is 2.02. The zero-order chi connectivity index (χ0) is 8.20. The molecule has 0 aliphatic heterocycles. The van der Waals surface area contributed by atoms with E-state index >= 15 is 0 Å². The number of nitrogens with two attached hydrogens (primary N) is 4. The Labute approximate surface area is 60.4 Å². The SMILES string of the molecule is NCC(N)C(O)(CN)CN. The van der Waals surface area contributed by atoms with Gasteiger partial charge in [0.05, 0.1) is 0 Å². The van der Waals surface area contributed by atoms with Crippen LogP contribution in [0.5, 0.6) is 0 Å². The Morgan fingerprint density at radius 1 is 1.20 bits per heavy atom. The van der Waals surface area contributed by atoms with Crippen molar-refractivity contribution in [2.24, 2.45) is 22.9 Å². The Morgan fingerprint density at radius 2 is 1.60 bits per heavy atom. The van der Waals surface area contributed by atoms with Crippen molar-refractivity contribution in [3.63, 3.8) is 0 Å².